The van der Waals surface area contributed by atoms with Gasteiger partial charge >= 0.3 is 0 Å². The molecule has 1 aromatic carbocycles. The molecule has 0 spiro atoms. The van der Waals surface area contributed by atoms with Crippen molar-refractivity contribution in [3.8, 4) is 5.75 Å². The van der Waals surface area contributed by atoms with Crippen LogP contribution in [0.4, 0.5) is 0 Å². The van der Waals surface area contributed by atoms with Crippen molar-refractivity contribution in [3.05, 3.63) is 28.2 Å². The number of hydrogen-bond donors (Lipinski definition) is 1. The number of benzene rings is 1. The van der Waals surface area contributed by atoms with Gasteiger partial charge < -0.3 is 14.7 Å². The minimum absolute atomic E-state index is 0.0205. The Morgan fingerprint density at radius 1 is 1.36 bits per heavy atom. The Morgan fingerprint density at radius 3 is 2.91 bits per heavy atom. The highest BCUT2D eigenvalue weighted by atomic mass is 35.5. The fourth-order valence-corrected chi connectivity index (χ4v) is 3.12. The second-order valence-corrected chi connectivity index (χ2v) is 6.29. The molecule has 0 unspecified atom stereocenters. The van der Waals surface area contributed by atoms with Gasteiger partial charge in [-0.1, -0.05) is 23.2 Å². The van der Waals surface area contributed by atoms with Gasteiger partial charge in [0.25, 0.3) is 0 Å². The van der Waals surface area contributed by atoms with Crippen LogP contribution in [0.15, 0.2) is 18.2 Å². The maximum absolute atomic E-state index is 12.2. The summed E-state index contributed by atoms with van der Waals surface area (Å²) in [5.74, 6) is 0.661. The van der Waals surface area contributed by atoms with Crippen molar-refractivity contribution in [2.75, 3.05) is 19.8 Å². The Morgan fingerprint density at radius 2 is 2.18 bits per heavy atom. The predicted molar refractivity (Wildman–Crippen MR) is 87.6 cm³/mol. The third-order valence-electron chi connectivity index (χ3n) is 3.84. The molecule has 1 amide bonds. The summed E-state index contributed by atoms with van der Waals surface area (Å²) < 4.78 is 5.57. The molecule has 1 aliphatic rings. The maximum Gasteiger partial charge on any atom is 0.223 e. The highest BCUT2D eigenvalue weighted by Gasteiger charge is 2.25. The van der Waals surface area contributed by atoms with Crippen LogP contribution >= 0.6 is 23.2 Å². The third kappa shape index (κ3) is 4.77. The number of carbonyl (C=O) groups is 1. The Kier molecular flexibility index (Phi) is 6.80. The number of aliphatic hydroxyl groups excluding tert-OH is 1. The van der Waals surface area contributed by atoms with E-state index in [0.29, 0.717) is 35.2 Å². The van der Waals surface area contributed by atoms with E-state index >= 15 is 0 Å². The van der Waals surface area contributed by atoms with Gasteiger partial charge in [0.2, 0.25) is 5.91 Å². The molecule has 122 valence electrons. The van der Waals surface area contributed by atoms with Crippen molar-refractivity contribution in [2.45, 2.75) is 38.1 Å². The maximum atomic E-state index is 12.2. The number of ether oxygens (including phenoxy) is 1. The van der Waals surface area contributed by atoms with Gasteiger partial charge in [0.1, 0.15) is 5.75 Å². The minimum Gasteiger partial charge on any atom is -0.492 e. The zero-order valence-corrected chi connectivity index (χ0v) is 13.9. The summed E-state index contributed by atoms with van der Waals surface area (Å²) >= 11 is 11.8. The van der Waals surface area contributed by atoms with Crippen LogP contribution in [-0.4, -0.2) is 41.7 Å². The first-order chi connectivity index (χ1) is 10.6. The number of likely N-dealkylation sites (tertiary alicyclic amines) is 1. The largest absolute Gasteiger partial charge is 0.492 e. The van der Waals surface area contributed by atoms with E-state index in [2.05, 4.69) is 0 Å². The first-order valence-corrected chi connectivity index (χ1v) is 8.35. The van der Waals surface area contributed by atoms with Gasteiger partial charge in [-0.15, -0.1) is 0 Å². The number of aliphatic hydroxyl groups is 1. The molecular formula is C16H21Cl2NO3. The molecule has 0 bridgehead atoms. The highest BCUT2D eigenvalue weighted by Crippen LogP contribution is 2.27. The van der Waals surface area contributed by atoms with E-state index in [1.807, 2.05) is 0 Å². The second-order valence-electron chi connectivity index (χ2n) is 5.45. The molecule has 1 aromatic rings. The summed E-state index contributed by atoms with van der Waals surface area (Å²) in [6, 6.07) is 5.04. The molecule has 1 N–H and O–H groups in total. The standard InChI is InChI=1S/C16H21Cl2NO3/c17-12-6-7-15(14(18)10-12)22-9-3-5-16(21)19-8-2-1-4-13(19)11-20/h6-7,10,13,20H,1-5,8-9,11H2/t13-/m1/s1. The molecule has 4 nitrogen and oxygen atoms in total. The monoisotopic (exact) mass is 345 g/mol. The van der Waals surface area contributed by atoms with E-state index in [1.165, 1.54) is 0 Å². The van der Waals surface area contributed by atoms with Gasteiger partial charge in [-0.2, -0.15) is 0 Å². The fraction of sp³-hybridized carbons (Fsp3) is 0.562. The zero-order valence-electron chi connectivity index (χ0n) is 12.4. The first kappa shape index (κ1) is 17.4. The Hall–Kier alpha value is -0.970. The predicted octanol–water partition coefficient (Wildman–Crippen LogP) is 3.53. The van der Waals surface area contributed by atoms with Gasteiger partial charge in [0.05, 0.1) is 24.3 Å². The van der Waals surface area contributed by atoms with Gasteiger partial charge in [-0.05, 0) is 43.9 Å². The lowest BCUT2D eigenvalue weighted by atomic mass is 10.0. The van der Waals surface area contributed by atoms with Crippen molar-refractivity contribution in [2.24, 2.45) is 0 Å². The summed E-state index contributed by atoms with van der Waals surface area (Å²) in [6.07, 6.45) is 4.01. The van der Waals surface area contributed by atoms with E-state index in [9.17, 15) is 9.90 Å². The highest BCUT2D eigenvalue weighted by molar-refractivity contribution is 6.35. The van der Waals surface area contributed by atoms with E-state index in [1.54, 1.807) is 23.1 Å². The van der Waals surface area contributed by atoms with Crippen LogP contribution in [0.5, 0.6) is 5.75 Å². The molecule has 2 rings (SSSR count). The number of amides is 1. The molecule has 1 heterocycles. The smallest absolute Gasteiger partial charge is 0.223 e. The number of carbonyl (C=O) groups excluding carboxylic acids is 1. The molecule has 6 heteroatoms. The average molecular weight is 346 g/mol. The zero-order chi connectivity index (χ0) is 15.9. The molecule has 0 aliphatic carbocycles. The molecule has 22 heavy (non-hydrogen) atoms. The molecule has 0 aromatic heterocycles. The molecule has 0 saturated carbocycles. The topological polar surface area (TPSA) is 49.8 Å². The lowest BCUT2D eigenvalue weighted by Gasteiger charge is -2.34. The van der Waals surface area contributed by atoms with Crippen LogP contribution in [0.2, 0.25) is 10.0 Å². The summed E-state index contributed by atoms with van der Waals surface area (Å²) in [5.41, 5.74) is 0. The van der Waals surface area contributed by atoms with Gasteiger partial charge in [0, 0.05) is 18.0 Å². The van der Waals surface area contributed by atoms with E-state index in [0.717, 1.165) is 25.8 Å². The number of hydrogen-bond acceptors (Lipinski definition) is 3. The number of halogens is 2. The van der Waals surface area contributed by atoms with Crippen molar-refractivity contribution in [3.63, 3.8) is 0 Å². The molecule has 1 saturated heterocycles. The molecule has 1 atom stereocenters. The average Bonchev–Trinajstić information content (AvgIpc) is 2.53. The van der Waals surface area contributed by atoms with Gasteiger partial charge in [-0.25, -0.2) is 0 Å². The SMILES string of the molecule is O=C(CCCOc1ccc(Cl)cc1Cl)N1CCCC[C@@H]1CO. The van der Waals surface area contributed by atoms with Crippen molar-refractivity contribution in [1.82, 2.24) is 4.90 Å². The van der Waals surface area contributed by atoms with Crippen molar-refractivity contribution >= 4 is 29.1 Å². The number of piperidine rings is 1. The van der Waals surface area contributed by atoms with E-state index < -0.39 is 0 Å². The Balaban J connectivity index is 1.74. The quantitative estimate of drug-likeness (QED) is 0.802. The minimum atomic E-state index is -0.0205. The number of nitrogens with zero attached hydrogens (tertiary/aromatic N) is 1. The third-order valence-corrected chi connectivity index (χ3v) is 4.38. The van der Waals surface area contributed by atoms with Crippen molar-refractivity contribution in [1.29, 1.82) is 0 Å². The lowest BCUT2D eigenvalue weighted by Crippen LogP contribution is -2.45. The second kappa shape index (κ2) is 8.61. The lowest BCUT2D eigenvalue weighted by molar-refractivity contribution is -0.136. The summed E-state index contributed by atoms with van der Waals surface area (Å²) in [4.78, 5) is 14.0. The van der Waals surface area contributed by atoms with Crippen LogP contribution in [0.25, 0.3) is 0 Å². The van der Waals surface area contributed by atoms with Crippen LogP contribution in [-0.2, 0) is 4.79 Å². The summed E-state index contributed by atoms with van der Waals surface area (Å²) in [6.45, 7) is 1.21. The summed E-state index contributed by atoms with van der Waals surface area (Å²) in [7, 11) is 0. The van der Waals surface area contributed by atoms with Crippen LogP contribution in [0.3, 0.4) is 0 Å². The number of rotatable bonds is 6. The summed E-state index contributed by atoms with van der Waals surface area (Å²) in [5, 5.41) is 10.4. The van der Waals surface area contributed by atoms with E-state index in [-0.39, 0.29) is 18.6 Å². The first-order valence-electron chi connectivity index (χ1n) is 7.60. The fourth-order valence-electron chi connectivity index (χ4n) is 2.66. The molecule has 1 fully saturated rings. The molecular weight excluding hydrogens is 325 g/mol. The van der Waals surface area contributed by atoms with Gasteiger partial charge in [-0.3, -0.25) is 4.79 Å². The van der Waals surface area contributed by atoms with Crippen molar-refractivity contribution < 1.29 is 14.6 Å². The Labute approximate surface area is 141 Å². The van der Waals surface area contributed by atoms with E-state index in [4.69, 9.17) is 27.9 Å². The van der Waals surface area contributed by atoms with Crippen LogP contribution < -0.4 is 4.74 Å². The Bertz CT molecular complexity index is 510. The normalized spacial score (nSPS) is 18.3. The van der Waals surface area contributed by atoms with Crippen LogP contribution in [0, 0.1) is 0 Å². The molecule has 1 aliphatic heterocycles. The van der Waals surface area contributed by atoms with Gasteiger partial charge in [0.15, 0.2) is 0 Å². The van der Waals surface area contributed by atoms with Crippen LogP contribution in [0.1, 0.15) is 32.1 Å². The molecule has 0 radical (unpaired) electrons.